The van der Waals surface area contributed by atoms with Crippen molar-refractivity contribution < 1.29 is 9.84 Å². The lowest BCUT2D eigenvalue weighted by atomic mass is 9.94. The van der Waals surface area contributed by atoms with E-state index in [0.29, 0.717) is 0 Å². The van der Waals surface area contributed by atoms with Crippen LogP contribution in [0.1, 0.15) is 37.4 Å². The van der Waals surface area contributed by atoms with Gasteiger partial charge in [-0.15, -0.1) is 0 Å². The molecule has 118 valence electrons. The van der Waals surface area contributed by atoms with Gasteiger partial charge >= 0.3 is 0 Å². The molecule has 0 aliphatic carbocycles. The Bertz CT molecular complexity index is 435. The molecule has 1 heterocycles. The molecule has 0 amide bonds. The second-order valence-corrected chi connectivity index (χ2v) is 6.13. The standard InChI is InChI=1S/C17H28N2O2/c1-4-16(18)17(14-7-5-12(2)6-8-14)19-9-13(3)21-15(10-19)11-20/h5-8,13,15-17,20H,4,9-11,18H2,1-3H3. The van der Waals surface area contributed by atoms with Gasteiger partial charge in [-0.05, 0) is 25.8 Å². The second-order valence-electron chi connectivity index (χ2n) is 6.13. The van der Waals surface area contributed by atoms with E-state index in [1.807, 2.05) is 0 Å². The fraction of sp³-hybridized carbons (Fsp3) is 0.647. The summed E-state index contributed by atoms with van der Waals surface area (Å²) in [5, 5.41) is 9.43. The molecule has 4 atom stereocenters. The van der Waals surface area contributed by atoms with Crippen molar-refractivity contribution in [3.05, 3.63) is 35.4 Å². The van der Waals surface area contributed by atoms with Crippen LogP contribution >= 0.6 is 0 Å². The number of hydrogen-bond acceptors (Lipinski definition) is 4. The third kappa shape index (κ3) is 4.04. The van der Waals surface area contributed by atoms with Gasteiger partial charge in [0.05, 0.1) is 24.9 Å². The minimum atomic E-state index is -0.120. The number of nitrogens with zero attached hydrogens (tertiary/aromatic N) is 1. The lowest BCUT2D eigenvalue weighted by molar-refractivity contribution is -0.108. The average Bonchev–Trinajstić information content (AvgIpc) is 2.48. The van der Waals surface area contributed by atoms with Crippen molar-refractivity contribution >= 4 is 0 Å². The van der Waals surface area contributed by atoms with Crippen LogP contribution in [0.4, 0.5) is 0 Å². The highest BCUT2D eigenvalue weighted by Gasteiger charge is 2.33. The van der Waals surface area contributed by atoms with E-state index < -0.39 is 0 Å². The third-order valence-corrected chi connectivity index (χ3v) is 4.25. The molecule has 4 unspecified atom stereocenters. The van der Waals surface area contributed by atoms with Gasteiger partial charge in [0.15, 0.2) is 0 Å². The first-order valence-corrected chi connectivity index (χ1v) is 7.87. The largest absolute Gasteiger partial charge is 0.394 e. The Morgan fingerprint density at radius 2 is 2.00 bits per heavy atom. The Labute approximate surface area is 127 Å². The van der Waals surface area contributed by atoms with Crippen LogP contribution in [-0.4, -0.2) is 48.0 Å². The first kappa shape index (κ1) is 16.4. The second kappa shape index (κ2) is 7.36. The molecule has 1 saturated heterocycles. The first-order valence-electron chi connectivity index (χ1n) is 7.87. The fourth-order valence-electron chi connectivity index (χ4n) is 3.12. The molecule has 4 nitrogen and oxygen atoms in total. The molecule has 0 aromatic heterocycles. The van der Waals surface area contributed by atoms with Crippen molar-refractivity contribution in [1.29, 1.82) is 0 Å². The van der Waals surface area contributed by atoms with Gasteiger partial charge in [-0.25, -0.2) is 0 Å². The molecule has 2 rings (SSSR count). The summed E-state index contributed by atoms with van der Waals surface area (Å²) < 4.78 is 5.75. The number of aryl methyl sites for hydroxylation is 1. The van der Waals surface area contributed by atoms with Crippen LogP contribution in [0.25, 0.3) is 0 Å². The van der Waals surface area contributed by atoms with Gasteiger partial charge in [0, 0.05) is 19.1 Å². The number of aliphatic hydroxyl groups is 1. The van der Waals surface area contributed by atoms with Gasteiger partial charge in [0.1, 0.15) is 0 Å². The van der Waals surface area contributed by atoms with E-state index in [0.717, 1.165) is 19.5 Å². The fourth-order valence-corrected chi connectivity index (χ4v) is 3.12. The highest BCUT2D eigenvalue weighted by atomic mass is 16.5. The number of ether oxygens (including phenoxy) is 1. The Balaban J connectivity index is 2.24. The van der Waals surface area contributed by atoms with E-state index in [1.165, 1.54) is 11.1 Å². The number of nitrogens with two attached hydrogens (primary N) is 1. The van der Waals surface area contributed by atoms with E-state index in [4.69, 9.17) is 10.5 Å². The lowest BCUT2D eigenvalue weighted by Gasteiger charge is -2.43. The molecule has 0 radical (unpaired) electrons. The monoisotopic (exact) mass is 292 g/mol. The zero-order chi connectivity index (χ0) is 15.4. The molecule has 0 bridgehead atoms. The number of aliphatic hydroxyl groups excluding tert-OH is 1. The molecule has 21 heavy (non-hydrogen) atoms. The Kier molecular flexibility index (Phi) is 5.76. The summed E-state index contributed by atoms with van der Waals surface area (Å²) in [7, 11) is 0. The van der Waals surface area contributed by atoms with E-state index >= 15 is 0 Å². The number of morpholine rings is 1. The van der Waals surface area contributed by atoms with Crippen molar-refractivity contribution in [1.82, 2.24) is 4.90 Å². The first-order chi connectivity index (χ1) is 10.0. The third-order valence-electron chi connectivity index (χ3n) is 4.25. The summed E-state index contributed by atoms with van der Waals surface area (Å²) in [6.45, 7) is 7.91. The summed E-state index contributed by atoms with van der Waals surface area (Å²) in [5.74, 6) is 0. The van der Waals surface area contributed by atoms with Gasteiger partial charge in [-0.1, -0.05) is 36.8 Å². The van der Waals surface area contributed by atoms with Crippen molar-refractivity contribution in [3.63, 3.8) is 0 Å². The van der Waals surface area contributed by atoms with Gasteiger partial charge in [-0.2, -0.15) is 0 Å². The van der Waals surface area contributed by atoms with Crippen molar-refractivity contribution in [2.75, 3.05) is 19.7 Å². The Morgan fingerprint density at radius 3 is 2.57 bits per heavy atom. The van der Waals surface area contributed by atoms with E-state index in [-0.39, 0.29) is 30.9 Å². The number of benzene rings is 1. The Morgan fingerprint density at radius 1 is 1.33 bits per heavy atom. The summed E-state index contributed by atoms with van der Waals surface area (Å²) >= 11 is 0. The smallest absolute Gasteiger partial charge is 0.0936 e. The molecule has 4 heteroatoms. The summed E-state index contributed by atoms with van der Waals surface area (Å²) in [6, 6.07) is 8.87. The van der Waals surface area contributed by atoms with E-state index in [2.05, 4.69) is 49.9 Å². The summed E-state index contributed by atoms with van der Waals surface area (Å²) in [4.78, 5) is 2.37. The molecule has 0 saturated carbocycles. The summed E-state index contributed by atoms with van der Waals surface area (Å²) in [6.07, 6.45) is 0.923. The van der Waals surface area contributed by atoms with Crippen LogP contribution < -0.4 is 5.73 Å². The zero-order valence-corrected chi connectivity index (χ0v) is 13.3. The Hall–Kier alpha value is -0.940. The predicted molar refractivity (Wildman–Crippen MR) is 85.2 cm³/mol. The highest BCUT2D eigenvalue weighted by Crippen LogP contribution is 2.28. The van der Waals surface area contributed by atoms with Crippen molar-refractivity contribution in [2.24, 2.45) is 5.73 Å². The minimum absolute atomic E-state index is 0.0584. The molecule has 1 aliphatic heterocycles. The molecular formula is C17H28N2O2. The zero-order valence-electron chi connectivity index (χ0n) is 13.3. The molecule has 1 fully saturated rings. The van der Waals surface area contributed by atoms with Crippen molar-refractivity contribution in [2.45, 2.75) is 51.5 Å². The van der Waals surface area contributed by atoms with Crippen LogP contribution in [0.3, 0.4) is 0 Å². The maximum absolute atomic E-state index is 9.43. The quantitative estimate of drug-likeness (QED) is 0.869. The van der Waals surface area contributed by atoms with Crippen LogP contribution in [-0.2, 0) is 4.74 Å². The maximum atomic E-state index is 9.43. The maximum Gasteiger partial charge on any atom is 0.0936 e. The predicted octanol–water partition coefficient (Wildman–Crippen LogP) is 1.86. The van der Waals surface area contributed by atoms with Gasteiger partial charge in [0.2, 0.25) is 0 Å². The normalized spacial score (nSPS) is 26.5. The molecule has 1 aromatic carbocycles. The lowest BCUT2D eigenvalue weighted by Crippen LogP contribution is -2.52. The van der Waals surface area contributed by atoms with Crippen LogP contribution in [0.2, 0.25) is 0 Å². The van der Waals surface area contributed by atoms with Gasteiger partial charge in [0.25, 0.3) is 0 Å². The molecule has 1 aromatic rings. The number of rotatable bonds is 5. The van der Waals surface area contributed by atoms with E-state index in [9.17, 15) is 5.11 Å². The SMILES string of the molecule is CCC(N)C(c1ccc(C)cc1)N1CC(C)OC(CO)C1. The van der Waals surface area contributed by atoms with Gasteiger partial charge in [-0.3, -0.25) is 4.90 Å². The average molecular weight is 292 g/mol. The molecular weight excluding hydrogens is 264 g/mol. The molecule has 0 spiro atoms. The molecule has 1 aliphatic rings. The van der Waals surface area contributed by atoms with Gasteiger partial charge < -0.3 is 15.6 Å². The summed E-state index contributed by atoms with van der Waals surface area (Å²) in [5.41, 5.74) is 8.91. The van der Waals surface area contributed by atoms with Crippen molar-refractivity contribution in [3.8, 4) is 0 Å². The molecule has 3 N–H and O–H groups in total. The van der Waals surface area contributed by atoms with E-state index in [1.54, 1.807) is 0 Å². The topological polar surface area (TPSA) is 58.7 Å². The minimum Gasteiger partial charge on any atom is -0.394 e. The van der Waals surface area contributed by atoms with Crippen LogP contribution in [0.5, 0.6) is 0 Å². The number of hydrogen-bond donors (Lipinski definition) is 2. The van der Waals surface area contributed by atoms with Crippen LogP contribution in [0.15, 0.2) is 24.3 Å². The van der Waals surface area contributed by atoms with Crippen LogP contribution in [0, 0.1) is 6.92 Å². The highest BCUT2D eigenvalue weighted by molar-refractivity contribution is 5.25.